The summed E-state index contributed by atoms with van der Waals surface area (Å²) < 4.78 is 26.4. The molecule has 1 N–H and O–H groups in total. The quantitative estimate of drug-likeness (QED) is 0.754. The Morgan fingerprint density at radius 2 is 1.62 bits per heavy atom. The van der Waals surface area contributed by atoms with Crippen LogP contribution in [0.25, 0.3) is 0 Å². The van der Waals surface area contributed by atoms with E-state index in [0.29, 0.717) is 25.8 Å². The number of amides is 1. The zero-order valence-electron chi connectivity index (χ0n) is 17.2. The van der Waals surface area contributed by atoms with Crippen LogP contribution in [0, 0.1) is 5.92 Å². The van der Waals surface area contributed by atoms with Crippen molar-refractivity contribution in [2.45, 2.75) is 38.6 Å². The average molecular weight is 415 g/mol. The van der Waals surface area contributed by atoms with E-state index in [0.717, 1.165) is 11.1 Å². The van der Waals surface area contributed by atoms with Gasteiger partial charge in [0.25, 0.3) is 0 Å². The molecule has 0 bridgehead atoms. The molecule has 1 atom stereocenters. The van der Waals surface area contributed by atoms with Crippen LogP contribution in [0.2, 0.25) is 0 Å². The van der Waals surface area contributed by atoms with Gasteiger partial charge in [-0.2, -0.15) is 0 Å². The number of hydrogen-bond acceptors (Lipinski definition) is 3. The van der Waals surface area contributed by atoms with Crippen molar-refractivity contribution in [2.75, 3.05) is 18.8 Å². The van der Waals surface area contributed by atoms with Crippen LogP contribution in [0.15, 0.2) is 60.7 Å². The normalized spacial score (nSPS) is 18.3. The molecule has 156 valence electrons. The van der Waals surface area contributed by atoms with Crippen molar-refractivity contribution in [1.82, 2.24) is 9.62 Å². The Hall–Kier alpha value is -2.18. The molecule has 1 saturated heterocycles. The number of carbonyl (C=O) groups excluding carboxylic acids is 1. The fraction of sp³-hybridized carbons (Fsp3) is 0.435. The molecule has 0 radical (unpaired) electrons. The van der Waals surface area contributed by atoms with Crippen LogP contribution < -0.4 is 5.32 Å². The molecule has 2 aromatic rings. The van der Waals surface area contributed by atoms with Gasteiger partial charge >= 0.3 is 0 Å². The summed E-state index contributed by atoms with van der Waals surface area (Å²) >= 11 is 0. The van der Waals surface area contributed by atoms with Crippen molar-refractivity contribution in [1.29, 1.82) is 0 Å². The second-order valence-corrected chi connectivity index (χ2v) is 9.95. The summed E-state index contributed by atoms with van der Waals surface area (Å²) in [6.45, 7) is 4.62. The van der Waals surface area contributed by atoms with Crippen molar-refractivity contribution in [3.63, 3.8) is 0 Å². The fourth-order valence-corrected chi connectivity index (χ4v) is 5.59. The van der Waals surface area contributed by atoms with Crippen molar-refractivity contribution in [3.8, 4) is 0 Å². The van der Waals surface area contributed by atoms with E-state index in [4.69, 9.17) is 0 Å². The molecule has 0 spiro atoms. The number of nitrogens with zero attached hydrogens (tertiary/aromatic N) is 1. The first-order valence-electron chi connectivity index (χ1n) is 10.3. The lowest BCUT2D eigenvalue weighted by Crippen LogP contribution is -2.51. The number of nitrogens with one attached hydrogen (secondary N) is 1. The smallest absolute Gasteiger partial charge is 0.225 e. The highest BCUT2D eigenvalue weighted by Crippen LogP contribution is 2.30. The highest BCUT2D eigenvalue weighted by Gasteiger charge is 2.36. The Balaban J connectivity index is 1.84. The summed E-state index contributed by atoms with van der Waals surface area (Å²) in [5.41, 5.74) is 1.29. The van der Waals surface area contributed by atoms with Crippen LogP contribution in [-0.2, 0) is 20.4 Å². The van der Waals surface area contributed by atoms with E-state index in [1.165, 1.54) is 4.31 Å². The number of rotatable bonds is 7. The monoisotopic (exact) mass is 414 g/mol. The molecule has 0 aromatic heterocycles. The molecule has 6 heteroatoms. The summed E-state index contributed by atoms with van der Waals surface area (Å²) in [5.74, 6) is -0.314. The number of piperidine rings is 1. The molecule has 0 aliphatic carbocycles. The van der Waals surface area contributed by atoms with Gasteiger partial charge in [-0.15, -0.1) is 0 Å². The minimum atomic E-state index is -3.29. The van der Waals surface area contributed by atoms with Crippen LogP contribution >= 0.6 is 0 Å². The number of carbonyl (C=O) groups is 1. The van der Waals surface area contributed by atoms with E-state index in [-0.39, 0.29) is 24.1 Å². The third-order valence-corrected chi connectivity index (χ3v) is 7.73. The van der Waals surface area contributed by atoms with E-state index >= 15 is 0 Å². The molecule has 5 nitrogen and oxygen atoms in total. The van der Waals surface area contributed by atoms with Gasteiger partial charge in [-0.1, -0.05) is 67.6 Å². The maximum atomic E-state index is 13.3. The molecule has 1 aliphatic heterocycles. The number of hydrogen-bond donors (Lipinski definition) is 1. The van der Waals surface area contributed by atoms with E-state index in [1.807, 2.05) is 74.5 Å². The Labute approximate surface area is 174 Å². The average Bonchev–Trinajstić information content (AvgIpc) is 2.75. The summed E-state index contributed by atoms with van der Waals surface area (Å²) in [5, 5.41) is 3.24. The fourth-order valence-electron chi connectivity index (χ4n) is 4.00. The minimum Gasteiger partial charge on any atom is -0.342 e. The molecular weight excluding hydrogens is 384 g/mol. The Morgan fingerprint density at radius 1 is 1.07 bits per heavy atom. The van der Waals surface area contributed by atoms with Gasteiger partial charge in [0, 0.05) is 13.1 Å². The summed E-state index contributed by atoms with van der Waals surface area (Å²) in [6.07, 6.45) is 1.98. The summed E-state index contributed by atoms with van der Waals surface area (Å²) in [7, 11) is -3.29. The highest BCUT2D eigenvalue weighted by atomic mass is 32.2. The number of sulfonamides is 1. The molecule has 3 rings (SSSR count). The Kier molecular flexibility index (Phi) is 6.75. The lowest BCUT2D eigenvalue weighted by molar-refractivity contribution is -0.127. The van der Waals surface area contributed by atoms with E-state index in [2.05, 4.69) is 5.32 Å². The second-order valence-electron chi connectivity index (χ2n) is 7.86. The van der Waals surface area contributed by atoms with Crippen LogP contribution in [0.1, 0.15) is 44.2 Å². The van der Waals surface area contributed by atoms with Gasteiger partial charge in [-0.3, -0.25) is 4.79 Å². The van der Waals surface area contributed by atoms with Gasteiger partial charge in [0.1, 0.15) is 0 Å². The van der Waals surface area contributed by atoms with Crippen molar-refractivity contribution >= 4 is 15.9 Å². The first-order valence-corrected chi connectivity index (χ1v) is 11.9. The largest absolute Gasteiger partial charge is 0.342 e. The maximum Gasteiger partial charge on any atom is 0.225 e. The van der Waals surface area contributed by atoms with Gasteiger partial charge in [-0.25, -0.2) is 12.7 Å². The number of benzene rings is 2. The van der Waals surface area contributed by atoms with E-state index in [1.54, 1.807) is 0 Å². The topological polar surface area (TPSA) is 66.5 Å². The van der Waals surface area contributed by atoms with E-state index < -0.39 is 15.6 Å². The Bertz CT molecular complexity index is 874. The summed E-state index contributed by atoms with van der Waals surface area (Å²) in [6, 6.07) is 19.8. The molecular formula is C23H30N2O3S. The first-order chi connectivity index (χ1) is 13.9. The molecule has 1 aliphatic rings. The zero-order chi connectivity index (χ0) is 20.9. The lowest BCUT2D eigenvalue weighted by atomic mass is 9.83. The van der Waals surface area contributed by atoms with E-state index in [9.17, 15) is 13.2 Å². The zero-order valence-corrected chi connectivity index (χ0v) is 18.0. The predicted octanol–water partition coefficient (Wildman–Crippen LogP) is 3.52. The third kappa shape index (κ3) is 4.87. The predicted molar refractivity (Wildman–Crippen MR) is 116 cm³/mol. The molecule has 29 heavy (non-hydrogen) atoms. The maximum absolute atomic E-state index is 13.3. The van der Waals surface area contributed by atoms with Gasteiger partial charge < -0.3 is 5.32 Å². The third-order valence-electron chi connectivity index (χ3n) is 5.69. The molecule has 1 heterocycles. The van der Waals surface area contributed by atoms with Crippen LogP contribution in [0.3, 0.4) is 0 Å². The van der Waals surface area contributed by atoms with Crippen LogP contribution in [0.5, 0.6) is 0 Å². The summed E-state index contributed by atoms with van der Waals surface area (Å²) in [4.78, 5) is 13.3. The second kappa shape index (κ2) is 9.09. The van der Waals surface area contributed by atoms with Gasteiger partial charge in [-0.05, 0) is 37.3 Å². The minimum absolute atomic E-state index is 0.100. The molecule has 1 amide bonds. The van der Waals surface area contributed by atoms with Crippen molar-refractivity contribution in [2.24, 2.45) is 5.92 Å². The van der Waals surface area contributed by atoms with Gasteiger partial charge in [0.05, 0.1) is 17.2 Å². The van der Waals surface area contributed by atoms with Crippen LogP contribution in [0.4, 0.5) is 0 Å². The Morgan fingerprint density at radius 3 is 2.14 bits per heavy atom. The standard InChI is InChI=1S/C23H30N2O3S/c1-3-17-29(27,28)25-16-10-11-19(18-25)22(26)24-23(2,20-12-6-4-7-13-20)21-14-8-5-9-15-21/h4-9,12-15,19H,3,10-11,16-18H2,1-2H3,(H,24,26). The van der Waals surface area contributed by atoms with Gasteiger partial charge in [0.15, 0.2) is 0 Å². The molecule has 2 aromatic carbocycles. The van der Waals surface area contributed by atoms with Gasteiger partial charge in [0.2, 0.25) is 15.9 Å². The molecule has 1 unspecified atom stereocenters. The molecule has 1 fully saturated rings. The van der Waals surface area contributed by atoms with Crippen molar-refractivity contribution < 1.29 is 13.2 Å². The first kappa shape index (κ1) is 21.5. The SMILES string of the molecule is CCCS(=O)(=O)N1CCCC(C(=O)NC(C)(c2ccccc2)c2ccccc2)C1. The van der Waals surface area contributed by atoms with Crippen LogP contribution in [-0.4, -0.2) is 37.5 Å². The van der Waals surface area contributed by atoms with Crippen molar-refractivity contribution in [3.05, 3.63) is 71.8 Å². The highest BCUT2D eigenvalue weighted by molar-refractivity contribution is 7.89. The molecule has 0 saturated carbocycles. The lowest BCUT2D eigenvalue weighted by Gasteiger charge is -2.36.